The number of carbonyl (C=O) groups excluding carboxylic acids is 3. The first-order chi connectivity index (χ1) is 20.9. The fourth-order valence-electron chi connectivity index (χ4n) is 4.89. The second-order valence-electron chi connectivity index (χ2n) is 10.6. The van der Waals surface area contributed by atoms with Crippen molar-refractivity contribution in [2.45, 2.75) is 44.2 Å². The van der Waals surface area contributed by atoms with Gasteiger partial charge in [-0.25, -0.2) is 0 Å². The van der Waals surface area contributed by atoms with E-state index in [9.17, 15) is 19.5 Å². The van der Waals surface area contributed by atoms with E-state index in [1.165, 1.54) is 0 Å². The van der Waals surface area contributed by atoms with Gasteiger partial charge in [-0.3, -0.25) is 14.4 Å². The van der Waals surface area contributed by atoms with Crippen LogP contribution in [0.15, 0.2) is 116 Å². The number of ether oxygens (including phenoxy) is 1. The fourth-order valence-corrected chi connectivity index (χ4v) is 4.89. The van der Waals surface area contributed by atoms with E-state index in [0.717, 1.165) is 16.7 Å². The molecule has 0 spiro atoms. The van der Waals surface area contributed by atoms with Gasteiger partial charge >= 0.3 is 5.97 Å². The van der Waals surface area contributed by atoms with Crippen LogP contribution < -0.4 is 10.6 Å². The molecule has 3 aromatic rings. The smallest absolute Gasteiger partial charge is 0.310 e. The van der Waals surface area contributed by atoms with E-state index in [0.29, 0.717) is 19.3 Å². The van der Waals surface area contributed by atoms with Gasteiger partial charge in [0.1, 0.15) is 6.10 Å². The SMILES string of the molecule is C=CC[C@@H](CC(=O)N[C@H](CO)Cc1ccccc1)C(=O)NC[C@H](OC(=O)[C@@H](CC=C)Cc1ccccc1)c1ccccc1. The number of aliphatic hydroxyl groups is 1. The average Bonchev–Trinajstić information content (AvgIpc) is 3.03. The van der Waals surface area contributed by atoms with Crippen molar-refractivity contribution < 1.29 is 24.2 Å². The summed E-state index contributed by atoms with van der Waals surface area (Å²) in [5.74, 6) is -2.15. The number of benzene rings is 3. The molecule has 7 nitrogen and oxygen atoms in total. The lowest BCUT2D eigenvalue weighted by Crippen LogP contribution is -2.42. The highest BCUT2D eigenvalue weighted by Gasteiger charge is 2.27. The van der Waals surface area contributed by atoms with Gasteiger partial charge in [-0.05, 0) is 42.4 Å². The van der Waals surface area contributed by atoms with Crippen LogP contribution in [-0.2, 0) is 32.0 Å². The summed E-state index contributed by atoms with van der Waals surface area (Å²) < 4.78 is 5.99. The van der Waals surface area contributed by atoms with Crippen molar-refractivity contribution in [2.75, 3.05) is 13.2 Å². The first-order valence-electron chi connectivity index (χ1n) is 14.7. The van der Waals surface area contributed by atoms with Gasteiger partial charge in [-0.2, -0.15) is 0 Å². The number of aliphatic hydroxyl groups excluding tert-OH is 1. The minimum Gasteiger partial charge on any atom is -0.455 e. The normalized spacial score (nSPS) is 13.5. The van der Waals surface area contributed by atoms with E-state index in [1.54, 1.807) is 12.2 Å². The van der Waals surface area contributed by atoms with Crippen LogP contribution in [0, 0.1) is 11.8 Å². The Balaban J connectivity index is 1.64. The first-order valence-corrected chi connectivity index (χ1v) is 14.7. The molecule has 2 amide bonds. The van der Waals surface area contributed by atoms with Crippen molar-refractivity contribution in [1.29, 1.82) is 0 Å². The van der Waals surface area contributed by atoms with E-state index in [-0.39, 0.29) is 43.8 Å². The lowest BCUT2D eigenvalue weighted by atomic mass is 9.96. The Morgan fingerprint density at radius 2 is 1.30 bits per heavy atom. The highest BCUT2D eigenvalue weighted by molar-refractivity contribution is 5.86. The molecule has 0 radical (unpaired) electrons. The van der Waals surface area contributed by atoms with Gasteiger partial charge < -0.3 is 20.5 Å². The highest BCUT2D eigenvalue weighted by Crippen LogP contribution is 2.22. The largest absolute Gasteiger partial charge is 0.455 e. The fraction of sp³-hybridized carbons (Fsp3) is 0.306. The van der Waals surface area contributed by atoms with E-state index in [2.05, 4.69) is 23.8 Å². The summed E-state index contributed by atoms with van der Waals surface area (Å²) in [5, 5.41) is 15.5. The second kappa shape index (κ2) is 18.1. The molecular formula is C36H42N2O5. The lowest BCUT2D eigenvalue weighted by molar-refractivity contribution is -0.154. The van der Waals surface area contributed by atoms with Crippen molar-refractivity contribution in [3.8, 4) is 0 Å². The zero-order valence-corrected chi connectivity index (χ0v) is 24.6. The lowest BCUT2D eigenvalue weighted by Gasteiger charge is -2.24. The second-order valence-corrected chi connectivity index (χ2v) is 10.6. The summed E-state index contributed by atoms with van der Waals surface area (Å²) in [7, 11) is 0. The van der Waals surface area contributed by atoms with Gasteiger partial charge in [-0.15, -0.1) is 13.2 Å². The van der Waals surface area contributed by atoms with Crippen molar-refractivity contribution in [1.82, 2.24) is 10.6 Å². The van der Waals surface area contributed by atoms with Crippen molar-refractivity contribution in [2.24, 2.45) is 11.8 Å². The molecule has 0 bridgehead atoms. The van der Waals surface area contributed by atoms with Crippen LogP contribution in [0.2, 0.25) is 0 Å². The van der Waals surface area contributed by atoms with Crippen LogP contribution in [0.5, 0.6) is 0 Å². The topological polar surface area (TPSA) is 105 Å². The van der Waals surface area contributed by atoms with Crippen LogP contribution in [-0.4, -0.2) is 42.1 Å². The Hall–Kier alpha value is -4.49. The molecule has 0 fully saturated rings. The maximum absolute atomic E-state index is 13.3. The van der Waals surface area contributed by atoms with Gasteiger partial charge in [0.2, 0.25) is 11.8 Å². The predicted molar refractivity (Wildman–Crippen MR) is 169 cm³/mol. The van der Waals surface area contributed by atoms with Gasteiger partial charge in [0.05, 0.1) is 31.0 Å². The van der Waals surface area contributed by atoms with Crippen LogP contribution in [0.25, 0.3) is 0 Å². The maximum Gasteiger partial charge on any atom is 0.310 e. The molecule has 4 atom stereocenters. The molecule has 7 heteroatoms. The Labute approximate surface area is 254 Å². The van der Waals surface area contributed by atoms with Crippen LogP contribution >= 0.6 is 0 Å². The molecule has 0 aliphatic carbocycles. The minimum absolute atomic E-state index is 0.0449. The molecule has 0 aliphatic heterocycles. The van der Waals surface area contributed by atoms with E-state index < -0.39 is 24.0 Å². The molecule has 3 rings (SSSR count). The summed E-state index contributed by atoms with van der Waals surface area (Å²) in [6.07, 6.45) is 4.25. The van der Waals surface area contributed by atoms with Gasteiger partial charge in [-0.1, -0.05) is 103 Å². The Morgan fingerprint density at radius 3 is 1.86 bits per heavy atom. The zero-order chi connectivity index (χ0) is 30.9. The van der Waals surface area contributed by atoms with E-state index in [1.807, 2.05) is 91.0 Å². The van der Waals surface area contributed by atoms with Gasteiger partial charge in [0.25, 0.3) is 0 Å². The monoisotopic (exact) mass is 582 g/mol. The van der Waals surface area contributed by atoms with Crippen molar-refractivity contribution in [3.63, 3.8) is 0 Å². The van der Waals surface area contributed by atoms with Crippen LogP contribution in [0.1, 0.15) is 42.1 Å². The third kappa shape index (κ3) is 11.4. The Bertz CT molecular complexity index is 1300. The Morgan fingerprint density at radius 1 is 0.767 bits per heavy atom. The third-order valence-corrected chi connectivity index (χ3v) is 7.17. The van der Waals surface area contributed by atoms with Gasteiger partial charge in [0.15, 0.2) is 0 Å². The molecule has 0 saturated heterocycles. The number of hydrogen-bond acceptors (Lipinski definition) is 5. The molecule has 0 unspecified atom stereocenters. The third-order valence-electron chi connectivity index (χ3n) is 7.17. The molecule has 3 N–H and O–H groups in total. The summed E-state index contributed by atoms with van der Waals surface area (Å²) >= 11 is 0. The molecule has 0 heterocycles. The number of hydrogen-bond donors (Lipinski definition) is 3. The number of allylic oxidation sites excluding steroid dienone is 2. The van der Waals surface area contributed by atoms with Crippen molar-refractivity contribution >= 4 is 17.8 Å². The zero-order valence-electron chi connectivity index (χ0n) is 24.6. The molecule has 0 saturated carbocycles. The molecule has 0 aromatic heterocycles. The van der Waals surface area contributed by atoms with E-state index >= 15 is 0 Å². The standard InChI is InChI=1S/C36H42N2O5/c1-3-14-30(24-34(40)38-32(26-39)23-28-18-10-6-11-19-28)35(41)37-25-33(29-20-12-7-13-21-29)43-36(42)31(15-4-2)22-27-16-8-5-9-17-27/h3-13,16-21,30-33,39H,1-2,14-15,22-26H2,(H,37,41)(H,38,40)/t30-,31-,32-,33-/m0/s1. The first kappa shape index (κ1) is 33.0. The summed E-state index contributed by atoms with van der Waals surface area (Å²) in [6, 6.07) is 28.1. The average molecular weight is 583 g/mol. The molecule has 226 valence electrons. The van der Waals surface area contributed by atoms with Crippen LogP contribution in [0.4, 0.5) is 0 Å². The summed E-state index contributed by atoms with van der Waals surface area (Å²) in [5.41, 5.74) is 2.76. The number of amides is 2. The minimum atomic E-state index is -0.719. The number of esters is 1. The molecule has 43 heavy (non-hydrogen) atoms. The highest BCUT2D eigenvalue weighted by atomic mass is 16.5. The Kier molecular flexibility index (Phi) is 13.9. The van der Waals surface area contributed by atoms with Crippen LogP contribution in [0.3, 0.4) is 0 Å². The molecule has 0 aliphatic rings. The van der Waals surface area contributed by atoms with Crippen molar-refractivity contribution in [3.05, 3.63) is 133 Å². The summed E-state index contributed by atoms with van der Waals surface area (Å²) in [6.45, 7) is 7.38. The molecule has 3 aromatic carbocycles. The number of nitrogens with one attached hydrogen (secondary N) is 2. The quantitative estimate of drug-likeness (QED) is 0.143. The molecular weight excluding hydrogens is 540 g/mol. The predicted octanol–water partition coefficient (Wildman–Crippen LogP) is 5.12. The van der Waals surface area contributed by atoms with E-state index in [4.69, 9.17) is 4.74 Å². The number of carbonyl (C=O) groups is 3. The number of rotatable bonds is 18. The maximum atomic E-state index is 13.3. The summed E-state index contributed by atoms with van der Waals surface area (Å²) in [4.78, 5) is 39.5. The van der Waals surface area contributed by atoms with Gasteiger partial charge in [0, 0.05) is 6.42 Å².